The predicted molar refractivity (Wildman–Crippen MR) is 108 cm³/mol. The van der Waals surface area contributed by atoms with Gasteiger partial charge in [0.05, 0.1) is 37.0 Å². The minimum atomic E-state index is 0.462. The molecule has 3 rings (SSSR count). The van der Waals surface area contributed by atoms with E-state index in [2.05, 4.69) is 10.5 Å². The highest BCUT2D eigenvalue weighted by Gasteiger charge is 2.10. The fraction of sp³-hybridized carbons (Fsp3) is 0.150. The quantitative estimate of drug-likeness (QED) is 0.423. The third kappa shape index (κ3) is 4.56. The zero-order valence-electron chi connectivity index (χ0n) is 14.8. The summed E-state index contributed by atoms with van der Waals surface area (Å²) in [5.74, 6) is 2.59. The van der Waals surface area contributed by atoms with Crippen molar-refractivity contribution < 1.29 is 13.9 Å². The minimum absolute atomic E-state index is 0.462. The molecule has 0 unspecified atom stereocenters. The number of benzene rings is 2. The van der Waals surface area contributed by atoms with Gasteiger partial charge < -0.3 is 19.3 Å². The average Bonchev–Trinajstić information content (AvgIpc) is 3.15. The Morgan fingerprint density at radius 2 is 1.85 bits per heavy atom. The summed E-state index contributed by atoms with van der Waals surface area (Å²) in [5.41, 5.74) is 4.72. The Labute approximate surface area is 167 Å². The van der Waals surface area contributed by atoms with Crippen LogP contribution in [-0.4, -0.2) is 20.4 Å². The Kier molecular flexibility index (Phi) is 6.27. The van der Waals surface area contributed by atoms with Crippen molar-refractivity contribution >= 4 is 29.4 Å². The number of hydrogen-bond acceptors (Lipinski definition) is 5. The first-order chi connectivity index (χ1) is 13.1. The number of rotatable bonds is 7. The molecule has 0 aliphatic heterocycles. The van der Waals surface area contributed by atoms with Crippen molar-refractivity contribution in [2.75, 3.05) is 14.2 Å². The number of hydrazone groups is 1. The number of furan rings is 1. The molecule has 7 heteroatoms. The van der Waals surface area contributed by atoms with Crippen molar-refractivity contribution in [1.29, 1.82) is 0 Å². The first kappa shape index (κ1) is 19.1. The van der Waals surface area contributed by atoms with Gasteiger partial charge in [-0.2, -0.15) is 5.10 Å². The summed E-state index contributed by atoms with van der Waals surface area (Å²) >= 11 is 12.3. The Balaban J connectivity index is 1.63. The summed E-state index contributed by atoms with van der Waals surface area (Å²) in [7, 11) is 3.21. The summed E-state index contributed by atoms with van der Waals surface area (Å²) in [4.78, 5) is 0. The largest absolute Gasteiger partial charge is 0.493 e. The molecule has 0 radical (unpaired) electrons. The van der Waals surface area contributed by atoms with Gasteiger partial charge in [-0.3, -0.25) is 0 Å². The SMILES string of the molecule is COc1ccc(CN/N=C\c2ccc(-c3cccc(Cl)c3Cl)o2)cc1OC. The van der Waals surface area contributed by atoms with E-state index in [9.17, 15) is 0 Å². The fourth-order valence-corrected chi connectivity index (χ4v) is 2.89. The molecule has 1 N–H and O–H groups in total. The van der Waals surface area contributed by atoms with Crippen LogP contribution < -0.4 is 14.9 Å². The molecule has 2 aromatic carbocycles. The first-order valence-corrected chi connectivity index (χ1v) is 8.89. The lowest BCUT2D eigenvalue weighted by Gasteiger charge is -2.09. The Morgan fingerprint density at radius 1 is 1.04 bits per heavy atom. The highest BCUT2D eigenvalue weighted by molar-refractivity contribution is 6.43. The summed E-state index contributed by atoms with van der Waals surface area (Å²) < 4.78 is 16.3. The van der Waals surface area contributed by atoms with Crippen LogP contribution in [0.15, 0.2) is 58.0 Å². The van der Waals surface area contributed by atoms with E-state index >= 15 is 0 Å². The van der Waals surface area contributed by atoms with E-state index in [0.717, 1.165) is 11.1 Å². The van der Waals surface area contributed by atoms with Gasteiger partial charge in [0.1, 0.15) is 11.5 Å². The van der Waals surface area contributed by atoms with Crippen LogP contribution in [0.2, 0.25) is 10.0 Å². The second-order valence-electron chi connectivity index (χ2n) is 5.59. The van der Waals surface area contributed by atoms with Gasteiger partial charge in [-0.15, -0.1) is 0 Å². The van der Waals surface area contributed by atoms with Gasteiger partial charge in [0.2, 0.25) is 0 Å². The molecule has 0 aliphatic carbocycles. The van der Waals surface area contributed by atoms with E-state index < -0.39 is 0 Å². The number of nitrogens with one attached hydrogen (secondary N) is 1. The summed E-state index contributed by atoms with van der Waals surface area (Å²) in [6.07, 6.45) is 1.60. The third-order valence-electron chi connectivity index (χ3n) is 3.86. The Morgan fingerprint density at radius 3 is 2.63 bits per heavy atom. The van der Waals surface area contributed by atoms with E-state index in [1.165, 1.54) is 0 Å². The zero-order chi connectivity index (χ0) is 19.2. The van der Waals surface area contributed by atoms with Crippen molar-refractivity contribution in [3.63, 3.8) is 0 Å². The number of hydrogen-bond donors (Lipinski definition) is 1. The van der Waals surface area contributed by atoms with Gasteiger partial charge in [0.25, 0.3) is 0 Å². The monoisotopic (exact) mass is 404 g/mol. The van der Waals surface area contributed by atoms with Gasteiger partial charge in [0, 0.05) is 5.56 Å². The molecule has 140 valence electrons. The molecule has 0 spiro atoms. The molecule has 0 aliphatic rings. The van der Waals surface area contributed by atoms with Gasteiger partial charge in [-0.25, -0.2) is 0 Å². The van der Waals surface area contributed by atoms with Crippen LogP contribution in [0.3, 0.4) is 0 Å². The molecule has 5 nitrogen and oxygen atoms in total. The Hall–Kier alpha value is -2.63. The maximum atomic E-state index is 6.22. The molecule has 1 aromatic heterocycles. The van der Waals surface area contributed by atoms with Crippen LogP contribution in [0.5, 0.6) is 11.5 Å². The lowest BCUT2D eigenvalue weighted by Crippen LogP contribution is -2.05. The fourth-order valence-electron chi connectivity index (χ4n) is 2.50. The second kappa shape index (κ2) is 8.84. The lowest BCUT2D eigenvalue weighted by atomic mass is 10.2. The van der Waals surface area contributed by atoms with Crippen LogP contribution in [-0.2, 0) is 6.54 Å². The molecule has 0 saturated heterocycles. The summed E-state index contributed by atoms with van der Waals surface area (Å²) in [6.45, 7) is 0.532. The summed E-state index contributed by atoms with van der Waals surface area (Å²) in [6, 6.07) is 14.7. The molecular formula is C20H18Cl2N2O3. The molecule has 0 amide bonds. The van der Waals surface area contributed by atoms with E-state index in [1.54, 1.807) is 26.5 Å². The van der Waals surface area contributed by atoms with Crippen LogP contribution >= 0.6 is 23.2 Å². The minimum Gasteiger partial charge on any atom is -0.493 e. The Bertz CT molecular complexity index is 954. The van der Waals surface area contributed by atoms with Crippen LogP contribution in [0, 0.1) is 0 Å². The van der Waals surface area contributed by atoms with Crippen molar-refractivity contribution in [2.24, 2.45) is 5.10 Å². The second-order valence-corrected chi connectivity index (χ2v) is 6.37. The summed E-state index contributed by atoms with van der Waals surface area (Å²) in [5, 5.41) is 5.13. The molecule has 1 heterocycles. The molecular weight excluding hydrogens is 387 g/mol. The molecule has 0 saturated carbocycles. The smallest absolute Gasteiger partial charge is 0.161 e. The zero-order valence-corrected chi connectivity index (χ0v) is 16.3. The topological polar surface area (TPSA) is 56.0 Å². The highest BCUT2D eigenvalue weighted by atomic mass is 35.5. The number of halogens is 2. The maximum Gasteiger partial charge on any atom is 0.161 e. The van der Waals surface area contributed by atoms with E-state index in [1.807, 2.05) is 42.5 Å². The van der Waals surface area contributed by atoms with Crippen molar-refractivity contribution in [1.82, 2.24) is 5.43 Å². The third-order valence-corrected chi connectivity index (χ3v) is 4.68. The van der Waals surface area contributed by atoms with Crippen LogP contribution in [0.4, 0.5) is 0 Å². The molecule has 27 heavy (non-hydrogen) atoms. The van der Waals surface area contributed by atoms with Gasteiger partial charge in [-0.1, -0.05) is 35.3 Å². The average molecular weight is 405 g/mol. The predicted octanol–water partition coefficient (Wildman–Crippen LogP) is 5.39. The van der Waals surface area contributed by atoms with E-state index in [4.69, 9.17) is 37.1 Å². The van der Waals surface area contributed by atoms with Crippen molar-refractivity contribution in [3.05, 3.63) is 69.9 Å². The van der Waals surface area contributed by atoms with Crippen LogP contribution in [0.25, 0.3) is 11.3 Å². The maximum absolute atomic E-state index is 6.22. The number of ether oxygens (including phenoxy) is 2. The van der Waals surface area contributed by atoms with Crippen molar-refractivity contribution in [2.45, 2.75) is 6.54 Å². The van der Waals surface area contributed by atoms with E-state index in [0.29, 0.717) is 39.6 Å². The van der Waals surface area contributed by atoms with Crippen molar-refractivity contribution in [3.8, 4) is 22.8 Å². The lowest BCUT2D eigenvalue weighted by molar-refractivity contribution is 0.354. The standard InChI is InChI=1S/C20H18Cl2N2O3/c1-25-18-8-6-13(10-19(18)26-2)11-23-24-12-14-7-9-17(27-14)15-4-3-5-16(21)20(15)22/h3-10,12,23H,11H2,1-2H3/b24-12-. The molecule has 0 bridgehead atoms. The number of nitrogens with zero attached hydrogens (tertiary/aromatic N) is 1. The van der Waals surface area contributed by atoms with Crippen LogP contribution in [0.1, 0.15) is 11.3 Å². The number of methoxy groups -OCH3 is 2. The van der Waals surface area contributed by atoms with Gasteiger partial charge in [-0.05, 0) is 42.0 Å². The molecule has 3 aromatic rings. The van der Waals surface area contributed by atoms with E-state index in [-0.39, 0.29) is 0 Å². The highest BCUT2D eigenvalue weighted by Crippen LogP contribution is 2.34. The molecule has 0 fully saturated rings. The van der Waals surface area contributed by atoms with Gasteiger partial charge >= 0.3 is 0 Å². The van der Waals surface area contributed by atoms with Gasteiger partial charge in [0.15, 0.2) is 11.5 Å². The first-order valence-electron chi connectivity index (χ1n) is 8.13. The normalized spacial score (nSPS) is 11.0. The molecule has 0 atom stereocenters.